The van der Waals surface area contributed by atoms with Crippen molar-refractivity contribution in [2.45, 2.75) is 19.4 Å². The van der Waals surface area contributed by atoms with Gasteiger partial charge in [-0.1, -0.05) is 29.8 Å². The highest BCUT2D eigenvalue weighted by Gasteiger charge is 2.33. The van der Waals surface area contributed by atoms with Gasteiger partial charge in [-0.2, -0.15) is 0 Å². The first-order valence-corrected chi connectivity index (χ1v) is 10.9. The van der Waals surface area contributed by atoms with Crippen LogP contribution in [0.15, 0.2) is 60.7 Å². The lowest BCUT2D eigenvalue weighted by atomic mass is 9.91. The molecule has 0 spiro atoms. The number of carbonyl (C=O) groups is 1. The molecule has 33 heavy (non-hydrogen) atoms. The van der Waals surface area contributed by atoms with Gasteiger partial charge in [-0.3, -0.25) is 4.79 Å². The van der Waals surface area contributed by atoms with Crippen molar-refractivity contribution in [1.29, 1.82) is 0 Å². The molecule has 0 aromatic heterocycles. The van der Waals surface area contributed by atoms with Crippen LogP contribution in [0.4, 0.5) is 0 Å². The van der Waals surface area contributed by atoms with E-state index in [1.807, 2.05) is 72.5 Å². The van der Waals surface area contributed by atoms with Crippen LogP contribution in [-0.4, -0.2) is 45.3 Å². The van der Waals surface area contributed by atoms with Crippen LogP contribution >= 0.6 is 0 Å². The number of amides is 1. The van der Waals surface area contributed by atoms with Crippen molar-refractivity contribution in [3.63, 3.8) is 0 Å². The molecule has 0 unspecified atom stereocenters. The maximum absolute atomic E-state index is 13.6. The quantitative estimate of drug-likeness (QED) is 0.519. The molecular weight excluding hydrogens is 418 g/mol. The van der Waals surface area contributed by atoms with E-state index in [9.17, 15) is 4.79 Å². The van der Waals surface area contributed by atoms with Gasteiger partial charge in [-0.15, -0.1) is 0 Å². The van der Waals surface area contributed by atoms with E-state index in [1.165, 1.54) is 0 Å². The molecule has 0 fully saturated rings. The number of benzene rings is 3. The van der Waals surface area contributed by atoms with Gasteiger partial charge in [0.25, 0.3) is 5.91 Å². The minimum absolute atomic E-state index is 0.0206. The number of nitrogens with zero attached hydrogens (tertiary/aromatic N) is 1. The van der Waals surface area contributed by atoms with E-state index in [4.69, 9.17) is 18.9 Å². The SMILES string of the molecule is COc1cc2c(cc1OC)[C@H](COc1ccccc1OC)N(C(=O)c1cccc(C)c1)CC2. The Morgan fingerprint density at radius 1 is 0.879 bits per heavy atom. The molecule has 0 bridgehead atoms. The second kappa shape index (κ2) is 9.86. The summed E-state index contributed by atoms with van der Waals surface area (Å²) in [4.78, 5) is 15.5. The van der Waals surface area contributed by atoms with E-state index < -0.39 is 0 Å². The molecular formula is C27H29NO5. The van der Waals surface area contributed by atoms with Crippen molar-refractivity contribution in [2.24, 2.45) is 0 Å². The lowest BCUT2D eigenvalue weighted by molar-refractivity contribution is 0.0587. The molecule has 0 radical (unpaired) electrons. The summed E-state index contributed by atoms with van der Waals surface area (Å²) in [7, 11) is 4.86. The maximum Gasteiger partial charge on any atom is 0.254 e. The monoisotopic (exact) mass is 447 g/mol. The van der Waals surface area contributed by atoms with E-state index in [1.54, 1.807) is 21.3 Å². The average Bonchev–Trinajstić information content (AvgIpc) is 2.85. The zero-order valence-electron chi connectivity index (χ0n) is 19.5. The maximum atomic E-state index is 13.6. The number of carbonyl (C=O) groups excluding carboxylic acids is 1. The Balaban J connectivity index is 1.72. The third kappa shape index (κ3) is 4.60. The smallest absolute Gasteiger partial charge is 0.254 e. The summed E-state index contributed by atoms with van der Waals surface area (Å²) in [6, 6.07) is 18.9. The number of rotatable bonds is 7. The standard InChI is InChI=1S/C27H29NO5/c1-18-8-7-9-20(14-18)27(29)28-13-12-19-15-25(31-3)26(32-4)16-21(19)22(28)17-33-24-11-6-5-10-23(24)30-2/h5-11,14-16,22H,12-13,17H2,1-4H3/t22-/m0/s1. The molecule has 3 aromatic rings. The number of methoxy groups -OCH3 is 3. The van der Waals surface area contributed by atoms with Gasteiger partial charge in [-0.25, -0.2) is 0 Å². The van der Waals surface area contributed by atoms with Crippen LogP contribution in [-0.2, 0) is 6.42 Å². The van der Waals surface area contributed by atoms with Gasteiger partial charge in [0.15, 0.2) is 23.0 Å². The van der Waals surface area contributed by atoms with E-state index in [0.717, 1.165) is 23.1 Å². The fraction of sp³-hybridized carbons (Fsp3) is 0.296. The van der Waals surface area contributed by atoms with Gasteiger partial charge in [0.1, 0.15) is 6.61 Å². The molecule has 6 heteroatoms. The van der Waals surface area contributed by atoms with Crippen molar-refractivity contribution < 1.29 is 23.7 Å². The Morgan fingerprint density at radius 3 is 2.27 bits per heavy atom. The summed E-state index contributed by atoms with van der Waals surface area (Å²) in [5.74, 6) is 2.57. The number of ether oxygens (including phenoxy) is 4. The molecule has 0 N–H and O–H groups in total. The molecule has 0 saturated heterocycles. The molecule has 1 aliphatic heterocycles. The van der Waals surface area contributed by atoms with Gasteiger partial charge < -0.3 is 23.8 Å². The average molecular weight is 448 g/mol. The van der Waals surface area contributed by atoms with Crippen molar-refractivity contribution in [3.05, 3.63) is 82.9 Å². The summed E-state index contributed by atoms with van der Waals surface area (Å²) in [6.45, 7) is 2.84. The molecule has 4 rings (SSSR count). The summed E-state index contributed by atoms with van der Waals surface area (Å²) in [5.41, 5.74) is 3.83. The normalized spacial score (nSPS) is 14.9. The largest absolute Gasteiger partial charge is 0.493 e. The van der Waals surface area contributed by atoms with Gasteiger partial charge >= 0.3 is 0 Å². The fourth-order valence-electron chi connectivity index (χ4n) is 4.30. The number of para-hydroxylation sites is 2. The molecule has 0 aliphatic carbocycles. The first kappa shape index (κ1) is 22.5. The molecule has 1 atom stereocenters. The number of fused-ring (bicyclic) bond motifs is 1. The summed E-state index contributed by atoms with van der Waals surface area (Å²) < 4.78 is 22.7. The van der Waals surface area contributed by atoms with E-state index in [-0.39, 0.29) is 18.6 Å². The van der Waals surface area contributed by atoms with Crippen LogP contribution in [0, 0.1) is 6.92 Å². The Bertz CT molecular complexity index is 1140. The van der Waals surface area contributed by atoms with Crippen molar-refractivity contribution in [3.8, 4) is 23.0 Å². The first-order chi connectivity index (χ1) is 16.0. The Labute approximate surface area is 194 Å². The minimum atomic E-state index is -0.300. The Morgan fingerprint density at radius 2 is 1.58 bits per heavy atom. The molecule has 6 nitrogen and oxygen atoms in total. The third-order valence-electron chi connectivity index (χ3n) is 5.99. The second-order valence-electron chi connectivity index (χ2n) is 8.00. The predicted molar refractivity (Wildman–Crippen MR) is 127 cm³/mol. The summed E-state index contributed by atoms with van der Waals surface area (Å²) >= 11 is 0. The van der Waals surface area contributed by atoms with Crippen LogP contribution in [0.5, 0.6) is 23.0 Å². The van der Waals surface area contributed by atoms with Gasteiger partial charge in [0, 0.05) is 12.1 Å². The molecule has 1 amide bonds. The van der Waals surface area contributed by atoms with E-state index in [0.29, 0.717) is 35.1 Å². The van der Waals surface area contributed by atoms with Crippen LogP contribution in [0.3, 0.4) is 0 Å². The fourth-order valence-corrected chi connectivity index (χ4v) is 4.30. The zero-order chi connectivity index (χ0) is 23.4. The van der Waals surface area contributed by atoms with E-state index in [2.05, 4.69) is 0 Å². The Kier molecular flexibility index (Phi) is 6.73. The highest BCUT2D eigenvalue weighted by atomic mass is 16.5. The highest BCUT2D eigenvalue weighted by molar-refractivity contribution is 5.95. The number of hydrogen-bond acceptors (Lipinski definition) is 5. The lowest BCUT2D eigenvalue weighted by Crippen LogP contribution is -2.42. The topological polar surface area (TPSA) is 57.2 Å². The first-order valence-electron chi connectivity index (χ1n) is 10.9. The molecule has 3 aromatic carbocycles. The second-order valence-corrected chi connectivity index (χ2v) is 8.00. The van der Waals surface area contributed by atoms with Crippen molar-refractivity contribution >= 4 is 5.91 Å². The Hall–Kier alpha value is -3.67. The summed E-state index contributed by atoms with van der Waals surface area (Å²) in [5, 5.41) is 0. The summed E-state index contributed by atoms with van der Waals surface area (Å²) in [6.07, 6.45) is 0.721. The zero-order valence-corrected chi connectivity index (χ0v) is 19.5. The van der Waals surface area contributed by atoms with Crippen molar-refractivity contribution in [2.75, 3.05) is 34.5 Å². The van der Waals surface area contributed by atoms with Crippen LogP contribution in [0.2, 0.25) is 0 Å². The van der Waals surface area contributed by atoms with Crippen LogP contribution in [0.25, 0.3) is 0 Å². The number of hydrogen-bond donors (Lipinski definition) is 0. The van der Waals surface area contributed by atoms with Crippen molar-refractivity contribution in [1.82, 2.24) is 4.90 Å². The third-order valence-corrected chi connectivity index (χ3v) is 5.99. The molecule has 1 heterocycles. The molecule has 1 aliphatic rings. The highest BCUT2D eigenvalue weighted by Crippen LogP contribution is 2.39. The van der Waals surface area contributed by atoms with Crippen LogP contribution in [0.1, 0.15) is 33.1 Å². The molecule has 172 valence electrons. The van der Waals surface area contributed by atoms with Crippen LogP contribution < -0.4 is 18.9 Å². The van der Waals surface area contributed by atoms with Gasteiger partial charge in [0.05, 0.1) is 27.4 Å². The number of aryl methyl sites for hydroxylation is 1. The minimum Gasteiger partial charge on any atom is -0.493 e. The van der Waals surface area contributed by atoms with Gasteiger partial charge in [0.2, 0.25) is 0 Å². The lowest BCUT2D eigenvalue weighted by Gasteiger charge is -2.37. The predicted octanol–water partition coefficient (Wildman–Crippen LogP) is 4.84. The molecule has 0 saturated carbocycles. The van der Waals surface area contributed by atoms with Gasteiger partial charge in [-0.05, 0) is 60.9 Å². The van der Waals surface area contributed by atoms with E-state index >= 15 is 0 Å².